The van der Waals surface area contributed by atoms with Crippen LogP contribution in [0.15, 0.2) is 152 Å². The van der Waals surface area contributed by atoms with Crippen LogP contribution >= 0.6 is 11.3 Å². The third-order valence-electron chi connectivity index (χ3n) is 12.8. The summed E-state index contributed by atoms with van der Waals surface area (Å²) in [5, 5.41) is 4.22. The van der Waals surface area contributed by atoms with Gasteiger partial charge in [-0.15, -0.1) is 54.1 Å². The fourth-order valence-electron chi connectivity index (χ4n) is 9.58. The van der Waals surface area contributed by atoms with E-state index < -0.39 is 6.85 Å². The first-order valence-corrected chi connectivity index (χ1v) is 24.0. The molecule has 0 aliphatic rings. The SMILES string of the molecule is CC(C)c1cccc(C(C)C)c1-n1c(-c2[c-]cccc2)nc2ccccc21.[2H]C([2H])([2H])c1ccc2cc3sc4c(-c5[n-]c6ccccc6[n+]5-c5c(C(C)C)cccc5C(C)C)[c-]ccc4c3cc2c1.[Ir+3]. The van der Waals surface area contributed by atoms with Crippen molar-refractivity contribution in [2.45, 2.75) is 85.9 Å². The molecule has 3 heterocycles. The molecule has 8 aromatic carbocycles. The van der Waals surface area contributed by atoms with E-state index in [-0.39, 0.29) is 20.1 Å². The van der Waals surface area contributed by atoms with E-state index in [2.05, 4.69) is 180 Å². The van der Waals surface area contributed by atoms with Crippen LogP contribution in [0.4, 0.5) is 0 Å². The summed E-state index contributed by atoms with van der Waals surface area (Å²) in [5.41, 5.74) is 14.3. The molecular formula is C61H56IrN4S+. The summed E-state index contributed by atoms with van der Waals surface area (Å²) in [6.45, 7) is 15.9. The van der Waals surface area contributed by atoms with Crippen LogP contribution in [0.25, 0.3) is 87.2 Å². The summed E-state index contributed by atoms with van der Waals surface area (Å²) in [4.78, 5) is 10.2. The summed E-state index contributed by atoms with van der Waals surface area (Å²) in [7, 11) is 0. The fourth-order valence-corrected chi connectivity index (χ4v) is 10.8. The Kier molecular flexibility index (Phi) is 11.9. The minimum atomic E-state index is -2.14. The van der Waals surface area contributed by atoms with E-state index in [9.17, 15) is 0 Å². The predicted octanol–water partition coefficient (Wildman–Crippen LogP) is 16.4. The van der Waals surface area contributed by atoms with Gasteiger partial charge in [-0.1, -0.05) is 151 Å². The molecule has 0 radical (unpaired) electrons. The number of imidazole rings is 2. The Morgan fingerprint density at radius 2 is 1.30 bits per heavy atom. The summed E-state index contributed by atoms with van der Waals surface area (Å²) in [6, 6.07) is 59.0. The largest absolute Gasteiger partial charge is 3.00 e. The van der Waals surface area contributed by atoms with E-state index in [1.54, 1.807) is 23.5 Å². The Morgan fingerprint density at radius 1 is 0.627 bits per heavy atom. The van der Waals surface area contributed by atoms with Crippen LogP contribution in [0.5, 0.6) is 0 Å². The maximum absolute atomic E-state index is 7.88. The van der Waals surface area contributed by atoms with Crippen LogP contribution in [-0.2, 0) is 20.1 Å². The molecule has 6 heteroatoms. The van der Waals surface area contributed by atoms with Crippen molar-refractivity contribution in [3.05, 3.63) is 192 Å². The van der Waals surface area contributed by atoms with Crippen molar-refractivity contribution in [3.8, 4) is 34.2 Å². The molecule has 0 saturated carbocycles. The third-order valence-corrected chi connectivity index (χ3v) is 14.0. The third kappa shape index (κ3) is 8.35. The first-order valence-electron chi connectivity index (χ1n) is 24.7. The van der Waals surface area contributed by atoms with E-state index in [1.807, 2.05) is 36.4 Å². The van der Waals surface area contributed by atoms with Crippen LogP contribution in [0.2, 0.25) is 0 Å². The van der Waals surface area contributed by atoms with Crippen LogP contribution in [0.3, 0.4) is 0 Å². The van der Waals surface area contributed by atoms with Gasteiger partial charge in [0.2, 0.25) is 0 Å². The summed E-state index contributed by atoms with van der Waals surface area (Å²) < 4.78 is 30.6. The molecule has 67 heavy (non-hydrogen) atoms. The first kappa shape index (κ1) is 42.2. The quantitative estimate of drug-likeness (QED) is 0.112. The van der Waals surface area contributed by atoms with Crippen molar-refractivity contribution in [1.29, 1.82) is 0 Å². The van der Waals surface area contributed by atoms with Gasteiger partial charge in [0.15, 0.2) is 0 Å². The Hall–Kier alpha value is -6.17. The van der Waals surface area contributed by atoms with Crippen molar-refractivity contribution in [1.82, 2.24) is 14.5 Å². The number of thiophene rings is 1. The molecule has 0 atom stereocenters. The van der Waals surface area contributed by atoms with E-state index in [4.69, 9.17) is 14.1 Å². The van der Waals surface area contributed by atoms with Gasteiger partial charge in [0.05, 0.1) is 33.7 Å². The molecule has 0 aliphatic carbocycles. The van der Waals surface area contributed by atoms with Gasteiger partial charge in [-0.25, -0.2) is 0 Å². The number of aromatic nitrogens is 4. The van der Waals surface area contributed by atoms with Crippen LogP contribution in [0, 0.1) is 19.0 Å². The van der Waals surface area contributed by atoms with Crippen LogP contribution in [0.1, 0.15) is 111 Å². The van der Waals surface area contributed by atoms with Crippen molar-refractivity contribution >= 4 is 64.3 Å². The number of aryl methyl sites for hydroxylation is 1. The Labute approximate surface area is 416 Å². The van der Waals surface area contributed by atoms with Gasteiger partial charge in [-0.3, -0.25) is 9.97 Å². The van der Waals surface area contributed by atoms with Crippen molar-refractivity contribution < 1.29 is 28.8 Å². The minimum absolute atomic E-state index is 0. The Balaban J connectivity index is 0.000000188. The zero-order valence-corrected chi connectivity index (χ0v) is 42.5. The zero-order chi connectivity index (χ0) is 48.3. The van der Waals surface area contributed by atoms with Crippen molar-refractivity contribution in [3.63, 3.8) is 0 Å². The molecule has 334 valence electrons. The number of para-hydroxylation sites is 6. The van der Waals surface area contributed by atoms with E-state index in [0.29, 0.717) is 29.2 Å². The van der Waals surface area contributed by atoms with Gasteiger partial charge in [0.1, 0.15) is 0 Å². The molecule has 4 nitrogen and oxygen atoms in total. The van der Waals surface area contributed by atoms with Gasteiger partial charge in [0, 0.05) is 20.2 Å². The van der Waals surface area contributed by atoms with Crippen molar-refractivity contribution in [2.24, 2.45) is 0 Å². The molecule has 11 aromatic rings. The second-order valence-corrected chi connectivity index (χ2v) is 19.6. The molecule has 0 amide bonds. The van der Waals surface area contributed by atoms with Gasteiger partial charge in [-0.2, -0.15) is 11.3 Å². The van der Waals surface area contributed by atoms with Gasteiger partial charge < -0.3 is 9.13 Å². The zero-order valence-electron chi connectivity index (χ0n) is 42.3. The molecule has 0 bridgehead atoms. The Bertz CT molecular complexity index is 3640. The molecule has 0 unspecified atom stereocenters. The average Bonchev–Trinajstić information content (AvgIpc) is 4.04. The molecule has 0 fully saturated rings. The minimum Gasteiger partial charge on any atom is -0.333 e. The normalized spacial score (nSPS) is 12.6. The topological polar surface area (TPSA) is 35.8 Å². The van der Waals surface area contributed by atoms with Gasteiger partial charge >= 0.3 is 20.1 Å². The number of nitrogens with zero attached hydrogens (tertiary/aromatic N) is 4. The first-order chi connectivity index (χ1) is 33.2. The molecular weight excluding hydrogens is 1010 g/mol. The smallest absolute Gasteiger partial charge is 0.333 e. The average molecular weight is 1070 g/mol. The summed E-state index contributed by atoms with van der Waals surface area (Å²) in [5.74, 6) is 3.36. The maximum atomic E-state index is 7.88. The second-order valence-electron chi connectivity index (χ2n) is 18.6. The Morgan fingerprint density at radius 3 is 1.99 bits per heavy atom. The second kappa shape index (κ2) is 18.8. The van der Waals surface area contributed by atoms with E-state index in [0.717, 1.165) is 75.8 Å². The van der Waals surface area contributed by atoms with E-state index in [1.165, 1.54) is 33.6 Å². The molecule has 0 aliphatic heterocycles. The maximum Gasteiger partial charge on any atom is 3.00 e. The number of rotatable bonds is 8. The molecule has 0 spiro atoms. The molecule has 3 aromatic heterocycles. The number of benzene rings is 8. The fraction of sp³-hybridized carbons (Fsp3) is 0.213. The summed E-state index contributed by atoms with van der Waals surface area (Å²) in [6.07, 6.45) is 0. The van der Waals surface area contributed by atoms with Gasteiger partial charge in [0.25, 0.3) is 0 Å². The number of hydrogen-bond acceptors (Lipinski definition) is 2. The van der Waals surface area contributed by atoms with Crippen LogP contribution < -0.4 is 9.55 Å². The van der Waals surface area contributed by atoms with E-state index >= 15 is 0 Å². The summed E-state index contributed by atoms with van der Waals surface area (Å²) >= 11 is 1.75. The van der Waals surface area contributed by atoms with Gasteiger partial charge in [-0.05, 0) is 110 Å². The molecule has 0 saturated heterocycles. The number of fused-ring (bicyclic) bond motifs is 6. The van der Waals surface area contributed by atoms with Crippen molar-refractivity contribution in [2.75, 3.05) is 0 Å². The molecule has 11 rings (SSSR count). The monoisotopic (exact) mass is 1070 g/mol. The molecule has 0 N–H and O–H groups in total. The predicted molar refractivity (Wildman–Crippen MR) is 280 cm³/mol. The van der Waals surface area contributed by atoms with Crippen LogP contribution in [-0.4, -0.2) is 9.55 Å². The standard InChI is InChI=1S/C36H31N2S.C25H25N2.Ir/c1-21(2)26-10-8-11-27(22(3)4)34(26)38-32-15-7-6-14-31(32)37-36(38)29-13-9-12-28-30-19-25-18-23(5)16-17-24(25)20-33(30)39-35(28)29;1-17(2)20-13-10-14-21(18(3)4)24(20)27-23-16-9-8-15-22(23)26-25(27)19-11-6-5-7-12-19;/h6-12,14-22H,1-5H3;5-11,13-18H,1-4H3;/q2*-1;+3/i5D3;;. The number of hydrogen-bond donors (Lipinski definition) is 0.